The number of pyridine rings is 1. The van der Waals surface area contributed by atoms with Gasteiger partial charge in [-0.05, 0) is 0 Å². The summed E-state index contributed by atoms with van der Waals surface area (Å²) in [6.07, 6.45) is -1.13. The molecule has 12 heteroatoms. The number of ether oxygens (including phenoxy) is 1. The number of aromatic amines is 1. The number of hydrogen-bond donors (Lipinski definition) is 3. The lowest BCUT2D eigenvalue weighted by molar-refractivity contribution is 0.0534. The van der Waals surface area contributed by atoms with Crippen molar-refractivity contribution in [2.45, 2.75) is 6.10 Å². The molecule has 1 atom stereocenters. The lowest BCUT2D eigenvalue weighted by Gasteiger charge is -2.37. The van der Waals surface area contributed by atoms with Crippen LogP contribution in [0.15, 0.2) is 23.0 Å². The van der Waals surface area contributed by atoms with Crippen LogP contribution in [0.5, 0.6) is 5.75 Å². The summed E-state index contributed by atoms with van der Waals surface area (Å²) in [4.78, 5) is 18.5. The number of aromatic nitrogens is 4. The fourth-order valence-corrected chi connectivity index (χ4v) is 3.54. The summed E-state index contributed by atoms with van der Waals surface area (Å²) in [5.41, 5.74) is 0.347. The Labute approximate surface area is 175 Å². The molecular formula is C19H22F2N6O4. The molecule has 0 spiro atoms. The first-order valence-corrected chi connectivity index (χ1v) is 9.70. The molecule has 0 bridgehead atoms. The van der Waals surface area contributed by atoms with Gasteiger partial charge in [0, 0.05) is 51.4 Å². The molecule has 1 unspecified atom stereocenters. The number of aliphatic hydroxyl groups excluding tert-OH is 2. The summed E-state index contributed by atoms with van der Waals surface area (Å²) >= 11 is 0. The Balaban J connectivity index is 1.47. The second-order valence-electron chi connectivity index (χ2n) is 7.29. The van der Waals surface area contributed by atoms with Crippen molar-refractivity contribution in [2.75, 3.05) is 49.2 Å². The molecule has 10 nitrogen and oxygen atoms in total. The maximum absolute atomic E-state index is 14.6. The van der Waals surface area contributed by atoms with Crippen molar-refractivity contribution in [2.24, 2.45) is 7.05 Å². The number of benzene rings is 1. The van der Waals surface area contributed by atoms with Crippen molar-refractivity contribution in [1.29, 1.82) is 0 Å². The molecule has 1 saturated heterocycles. The van der Waals surface area contributed by atoms with Gasteiger partial charge in [-0.3, -0.25) is 4.79 Å². The van der Waals surface area contributed by atoms with Gasteiger partial charge in [-0.1, -0.05) is 5.21 Å². The first-order chi connectivity index (χ1) is 14.9. The third kappa shape index (κ3) is 4.16. The van der Waals surface area contributed by atoms with Gasteiger partial charge in [0.25, 0.3) is 5.56 Å². The van der Waals surface area contributed by atoms with Gasteiger partial charge in [-0.15, -0.1) is 5.10 Å². The maximum Gasteiger partial charge on any atom is 0.279 e. The number of anilines is 2. The van der Waals surface area contributed by atoms with Crippen molar-refractivity contribution in [3.63, 3.8) is 0 Å². The van der Waals surface area contributed by atoms with E-state index in [4.69, 9.17) is 9.84 Å². The third-order valence-electron chi connectivity index (χ3n) is 5.18. The fraction of sp³-hybridized carbons (Fsp3) is 0.421. The van der Waals surface area contributed by atoms with Crippen LogP contribution in [0.3, 0.4) is 0 Å². The summed E-state index contributed by atoms with van der Waals surface area (Å²) in [6.45, 7) is 0.756. The van der Waals surface area contributed by atoms with Crippen LogP contribution < -0.4 is 20.1 Å². The molecule has 1 aliphatic heterocycles. The van der Waals surface area contributed by atoms with E-state index in [0.29, 0.717) is 37.5 Å². The molecule has 0 radical (unpaired) electrons. The zero-order chi connectivity index (χ0) is 22.1. The SMILES string of the molecule is Cn1nnc2c(=O)[nH]c(N3CCN(c4c(F)cc(OCC(O)CO)cc4F)CC3)cc21. The predicted molar refractivity (Wildman–Crippen MR) is 109 cm³/mol. The number of aliphatic hydroxyl groups is 2. The van der Waals surface area contributed by atoms with Crippen LogP contribution in [0, 0.1) is 11.6 Å². The Hall–Kier alpha value is -3.25. The number of nitrogens with zero attached hydrogens (tertiary/aromatic N) is 5. The molecule has 3 aromatic rings. The second kappa shape index (κ2) is 8.47. The molecule has 0 saturated carbocycles. The number of hydrogen-bond acceptors (Lipinski definition) is 8. The van der Waals surface area contributed by atoms with Crippen LogP contribution >= 0.6 is 0 Å². The van der Waals surface area contributed by atoms with E-state index < -0.39 is 24.3 Å². The molecule has 4 rings (SSSR count). The largest absolute Gasteiger partial charge is 0.491 e. The molecule has 3 N–H and O–H groups in total. The van der Waals surface area contributed by atoms with Crippen LogP contribution in [0.25, 0.3) is 11.0 Å². The number of piperazine rings is 1. The highest BCUT2D eigenvalue weighted by atomic mass is 19.1. The monoisotopic (exact) mass is 436 g/mol. The molecule has 31 heavy (non-hydrogen) atoms. The van der Waals surface area contributed by atoms with E-state index in [9.17, 15) is 18.7 Å². The van der Waals surface area contributed by atoms with Crippen molar-refractivity contribution in [1.82, 2.24) is 20.0 Å². The summed E-state index contributed by atoms with van der Waals surface area (Å²) in [6, 6.07) is 3.88. The van der Waals surface area contributed by atoms with E-state index >= 15 is 0 Å². The topological polar surface area (TPSA) is 120 Å². The minimum Gasteiger partial charge on any atom is -0.491 e. The minimum absolute atomic E-state index is 0.0689. The van der Waals surface area contributed by atoms with Crippen LogP contribution in [0.1, 0.15) is 0 Å². The molecule has 2 aromatic heterocycles. The number of H-pyrrole nitrogens is 1. The minimum atomic E-state index is -1.13. The van der Waals surface area contributed by atoms with Crippen LogP contribution in [-0.2, 0) is 7.05 Å². The van der Waals surface area contributed by atoms with E-state index in [1.165, 1.54) is 4.68 Å². The molecular weight excluding hydrogens is 414 g/mol. The quantitative estimate of drug-likeness (QED) is 0.494. The highest BCUT2D eigenvalue weighted by molar-refractivity contribution is 5.76. The molecule has 166 valence electrons. The Morgan fingerprint density at radius 1 is 1.16 bits per heavy atom. The van der Waals surface area contributed by atoms with Gasteiger partial charge in [0.2, 0.25) is 0 Å². The Morgan fingerprint density at radius 2 is 1.81 bits per heavy atom. The summed E-state index contributed by atoms with van der Waals surface area (Å²) < 4.78 is 35.9. The summed E-state index contributed by atoms with van der Waals surface area (Å²) in [5, 5.41) is 25.8. The van der Waals surface area contributed by atoms with Gasteiger partial charge in [0.05, 0.1) is 12.1 Å². The van der Waals surface area contributed by atoms with E-state index in [-0.39, 0.29) is 29.1 Å². The lowest BCUT2D eigenvalue weighted by atomic mass is 10.2. The van der Waals surface area contributed by atoms with Crippen molar-refractivity contribution in [3.8, 4) is 5.75 Å². The normalized spacial score (nSPS) is 15.5. The van der Waals surface area contributed by atoms with Gasteiger partial charge in [-0.2, -0.15) is 0 Å². The van der Waals surface area contributed by atoms with Crippen molar-refractivity contribution >= 4 is 22.5 Å². The number of nitrogens with one attached hydrogen (secondary N) is 1. The standard InChI is InChI=1S/C19H22F2N6O4/c1-25-15-8-16(22-19(30)17(15)23-24-25)26-2-4-27(5-3-26)18-13(20)6-12(7-14(18)21)31-10-11(29)9-28/h6-8,11,28-29H,2-5,9-10H2,1H3,(H,22,30). The van der Waals surface area contributed by atoms with Crippen molar-refractivity contribution in [3.05, 3.63) is 40.2 Å². The van der Waals surface area contributed by atoms with Gasteiger partial charge in [0.1, 0.15) is 30.0 Å². The Morgan fingerprint density at radius 3 is 2.45 bits per heavy atom. The second-order valence-corrected chi connectivity index (χ2v) is 7.29. The van der Waals surface area contributed by atoms with Crippen molar-refractivity contribution < 1.29 is 23.7 Å². The van der Waals surface area contributed by atoms with Gasteiger partial charge in [0.15, 0.2) is 17.2 Å². The first-order valence-electron chi connectivity index (χ1n) is 9.70. The summed E-state index contributed by atoms with van der Waals surface area (Å²) in [5.74, 6) is -1.04. The molecule has 1 fully saturated rings. The zero-order valence-electron chi connectivity index (χ0n) is 16.8. The average Bonchev–Trinajstić information content (AvgIpc) is 3.13. The van der Waals surface area contributed by atoms with Crippen LogP contribution in [0.2, 0.25) is 0 Å². The number of rotatable bonds is 6. The molecule has 0 aliphatic carbocycles. The number of aryl methyl sites for hydroxylation is 1. The van der Waals surface area contributed by atoms with E-state index in [1.807, 2.05) is 4.90 Å². The summed E-state index contributed by atoms with van der Waals surface area (Å²) in [7, 11) is 1.69. The lowest BCUT2D eigenvalue weighted by Crippen LogP contribution is -2.47. The van der Waals surface area contributed by atoms with Crippen LogP contribution in [-0.4, -0.2) is 75.7 Å². The molecule has 3 heterocycles. The maximum atomic E-state index is 14.6. The molecule has 0 amide bonds. The fourth-order valence-electron chi connectivity index (χ4n) is 3.54. The first kappa shape index (κ1) is 21.0. The number of fused-ring (bicyclic) bond motifs is 1. The van der Waals surface area contributed by atoms with E-state index in [1.54, 1.807) is 18.0 Å². The smallest absolute Gasteiger partial charge is 0.279 e. The number of halogens is 2. The average molecular weight is 436 g/mol. The molecule has 1 aliphatic rings. The van der Waals surface area contributed by atoms with Gasteiger partial charge in [-0.25, -0.2) is 13.5 Å². The van der Waals surface area contributed by atoms with Gasteiger partial charge >= 0.3 is 0 Å². The van der Waals surface area contributed by atoms with Crippen LogP contribution in [0.4, 0.5) is 20.3 Å². The molecule has 1 aromatic carbocycles. The Kier molecular flexibility index (Phi) is 5.74. The zero-order valence-corrected chi connectivity index (χ0v) is 16.8. The predicted octanol–water partition coefficient (Wildman–Crippen LogP) is -0.00660. The highest BCUT2D eigenvalue weighted by Crippen LogP contribution is 2.29. The Bertz CT molecular complexity index is 1120. The third-order valence-corrected chi connectivity index (χ3v) is 5.18. The van der Waals surface area contributed by atoms with Gasteiger partial charge < -0.3 is 29.7 Å². The van der Waals surface area contributed by atoms with E-state index in [2.05, 4.69) is 15.3 Å². The highest BCUT2D eigenvalue weighted by Gasteiger charge is 2.24. The van der Waals surface area contributed by atoms with E-state index in [0.717, 1.165) is 12.1 Å².